The van der Waals surface area contributed by atoms with E-state index in [4.69, 9.17) is 16.8 Å². The van der Waals surface area contributed by atoms with Gasteiger partial charge in [0.15, 0.2) is 11.8 Å². The van der Waals surface area contributed by atoms with Crippen LogP contribution in [0, 0.1) is 0 Å². The number of nitrogens with zero attached hydrogens (tertiary/aromatic N) is 4. The first-order valence-corrected chi connectivity index (χ1v) is 7.17. The normalized spacial score (nSPS) is 13.2. The van der Waals surface area contributed by atoms with Crippen molar-refractivity contribution < 1.29 is 10.0 Å². The fraction of sp³-hybridized carbons (Fsp3) is 0.167. The molecule has 1 aromatic heterocycles. The Bertz CT molecular complexity index is 613. The molecule has 104 valence electrons. The Hall–Kier alpha value is -1.86. The van der Waals surface area contributed by atoms with Crippen LogP contribution in [0.3, 0.4) is 0 Å². The summed E-state index contributed by atoms with van der Waals surface area (Å²) in [7, 11) is 0. The first-order chi connectivity index (χ1) is 9.67. The zero-order valence-corrected chi connectivity index (χ0v) is 12.0. The quantitative estimate of drug-likeness (QED) is 0.308. The van der Waals surface area contributed by atoms with Gasteiger partial charge in [-0.05, 0) is 30.5 Å². The van der Waals surface area contributed by atoms with Crippen LogP contribution in [-0.2, 0) is 0 Å². The SMILES string of the molecule is CSC(=NO)C(C(=O)c1ccc(Cl)cc1)n1cncn1. The highest BCUT2D eigenvalue weighted by Crippen LogP contribution is 2.21. The molecule has 1 aromatic carbocycles. The molecule has 2 aromatic rings. The van der Waals surface area contributed by atoms with Gasteiger partial charge in [0.1, 0.15) is 17.7 Å². The Morgan fingerprint density at radius 3 is 2.65 bits per heavy atom. The highest BCUT2D eigenvalue weighted by molar-refractivity contribution is 8.13. The first kappa shape index (κ1) is 14.5. The van der Waals surface area contributed by atoms with E-state index >= 15 is 0 Å². The van der Waals surface area contributed by atoms with Crippen molar-refractivity contribution in [1.29, 1.82) is 0 Å². The summed E-state index contributed by atoms with van der Waals surface area (Å²) >= 11 is 6.97. The average Bonchev–Trinajstić information content (AvgIpc) is 2.98. The Morgan fingerprint density at radius 1 is 1.45 bits per heavy atom. The maximum absolute atomic E-state index is 12.6. The lowest BCUT2D eigenvalue weighted by Gasteiger charge is -2.15. The van der Waals surface area contributed by atoms with Gasteiger partial charge in [-0.1, -0.05) is 16.8 Å². The van der Waals surface area contributed by atoms with E-state index in [1.54, 1.807) is 30.5 Å². The van der Waals surface area contributed by atoms with Gasteiger partial charge in [-0.3, -0.25) is 4.79 Å². The molecule has 0 amide bonds. The molecule has 8 heteroatoms. The number of aromatic nitrogens is 3. The summed E-state index contributed by atoms with van der Waals surface area (Å²) < 4.78 is 1.35. The molecule has 0 spiro atoms. The summed E-state index contributed by atoms with van der Waals surface area (Å²) in [5.41, 5.74) is 0.449. The van der Waals surface area contributed by atoms with E-state index in [0.29, 0.717) is 10.6 Å². The van der Waals surface area contributed by atoms with E-state index in [1.807, 2.05) is 0 Å². The molecule has 1 N–H and O–H groups in total. The molecular formula is C12H11ClN4O2S. The molecular weight excluding hydrogens is 300 g/mol. The van der Waals surface area contributed by atoms with Crippen LogP contribution >= 0.6 is 23.4 Å². The number of hydrogen-bond donors (Lipinski definition) is 1. The molecule has 0 aliphatic rings. The molecule has 1 unspecified atom stereocenters. The van der Waals surface area contributed by atoms with E-state index in [9.17, 15) is 4.79 Å². The number of benzene rings is 1. The monoisotopic (exact) mass is 310 g/mol. The van der Waals surface area contributed by atoms with Crippen LogP contribution in [0.15, 0.2) is 42.1 Å². The van der Waals surface area contributed by atoms with Crippen molar-refractivity contribution in [3.05, 3.63) is 47.5 Å². The first-order valence-electron chi connectivity index (χ1n) is 5.57. The molecule has 0 saturated carbocycles. The van der Waals surface area contributed by atoms with Crippen LogP contribution in [0.1, 0.15) is 16.4 Å². The van der Waals surface area contributed by atoms with Gasteiger partial charge >= 0.3 is 0 Å². The number of rotatable bonds is 4. The van der Waals surface area contributed by atoms with Crippen LogP contribution in [0.4, 0.5) is 0 Å². The predicted octanol–water partition coefficient (Wildman–Crippen LogP) is 2.51. The third-order valence-electron chi connectivity index (χ3n) is 2.62. The number of halogens is 1. The number of Topliss-reactive ketones (excluding diaryl/α,β-unsaturated/α-hetero) is 1. The summed E-state index contributed by atoms with van der Waals surface area (Å²) in [6, 6.07) is 5.64. The van der Waals surface area contributed by atoms with Crippen molar-refractivity contribution in [2.24, 2.45) is 5.16 Å². The fourth-order valence-electron chi connectivity index (χ4n) is 1.68. The number of carbonyl (C=O) groups is 1. The van der Waals surface area contributed by atoms with Gasteiger partial charge in [-0.2, -0.15) is 5.10 Å². The second-order valence-electron chi connectivity index (χ2n) is 3.79. The van der Waals surface area contributed by atoms with Gasteiger partial charge in [0.2, 0.25) is 0 Å². The van der Waals surface area contributed by atoms with Crippen molar-refractivity contribution in [3.63, 3.8) is 0 Å². The molecule has 1 heterocycles. The molecule has 0 fully saturated rings. The van der Waals surface area contributed by atoms with Crippen LogP contribution in [0.2, 0.25) is 5.02 Å². The third kappa shape index (κ3) is 3.00. The van der Waals surface area contributed by atoms with Crippen molar-refractivity contribution in [2.75, 3.05) is 6.26 Å². The lowest BCUT2D eigenvalue weighted by molar-refractivity contribution is 0.0952. The molecule has 1 atom stereocenters. The van der Waals surface area contributed by atoms with Gasteiger partial charge in [0.25, 0.3) is 0 Å². The molecule has 6 nitrogen and oxygen atoms in total. The third-order valence-corrected chi connectivity index (χ3v) is 3.60. The smallest absolute Gasteiger partial charge is 0.194 e. The molecule has 20 heavy (non-hydrogen) atoms. The minimum atomic E-state index is -0.848. The van der Waals surface area contributed by atoms with Crippen molar-refractivity contribution in [2.45, 2.75) is 6.04 Å². The van der Waals surface area contributed by atoms with Gasteiger partial charge < -0.3 is 5.21 Å². The average molecular weight is 311 g/mol. The molecule has 0 aliphatic heterocycles. The van der Waals surface area contributed by atoms with Crippen LogP contribution in [-0.4, -0.2) is 37.1 Å². The molecule has 2 rings (SSSR count). The standard InChI is InChI=1S/C12H11ClN4O2S/c1-20-12(16-19)10(17-7-14-6-15-17)11(18)8-2-4-9(13)5-3-8/h2-7,10,19H,1H3. The largest absolute Gasteiger partial charge is 0.410 e. The minimum Gasteiger partial charge on any atom is -0.410 e. The Morgan fingerprint density at radius 2 is 2.15 bits per heavy atom. The summed E-state index contributed by atoms with van der Waals surface area (Å²) in [6.07, 6.45) is 4.44. The van der Waals surface area contributed by atoms with E-state index in [-0.39, 0.29) is 10.8 Å². The van der Waals surface area contributed by atoms with Crippen molar-refractivity contribution in [1.82, 2.24) is 14.8 Å². The lowest BCUT2D eigenvalue weighted by atomic mass is 10.1. The lowest BCUT2D eigenvalue weighted by Crippen LogP contribution is -2.26. The highest BCUT2D eigenvalue weighted by atomic mass is 35.5. The fourth-order valence-corrected chi connectivity index (χ4v) is 2.32. The Labute approximate surface area is 124 Å². The maximum atomic E-state index is 12.6. The van der Waals surface area contributed by atoms with Crippen LogP contribution in [0.25, 0.3) is 0 Å². The van der Waals surface area contributed by atoms with Gasteiger partial charge in [0, 0.05) is 10.6 Å². The van der Waals surface area contributed by atoms with Gasteiger partial charge in [-0.15, -0.1) is 11.8 Å². The number of hydrogen-bond acceptors (Lipinski definition) is 6. The zero-order chi connectivity index (χ0) is 14.5. The molecule has 0 bridgehead atoms. The summed E-state index contributed by atoms with van der Waals surface area (Å²) in [4.78, 5) is 16.4. The summed E-state index contributed by atoms with van der Waals surface area (Å²) in [6.45, 7) is 0. The topological polar surface area (TPSA) is 80.4 Å². The maximum Gasteiger partial charge on any atom is 0.194 e. The number of oxime groups is 1. The highest BCUT2D eigenvalue weighted by Gasteiger charge is 2.28. The van der Waals surface area contributed by atoms with Crippen LogP contribution < -0.4 is 0 Å². The molecule has 0 radical (unpaired) electrons. The van der Waals surface area contributed by atoms with Crippen molar-refractivity contribution >= 4 is 34.2 Å². The molecule has 0 saturated heterocycles. The van der Waals surface area contributed by atoms with Crippen molar-refractivity contribution in [3.8, 4) is 0 Å². The van der Waals surface area contributed by atoms with Gasteiger partial charge in [-0.25, -0.2) is 9.67 Å². The van der Waals surface area contributed by atoms with Crippen LogP contribution in [0.5, 0.6) is 0 Å². The van der Waals surface area contributed by atoms with E-state index in [2.05, 4.69) is 15.2 Å². The molecule has 0 aliphatic carbocycles. The number of thioether (sulfide) groups is 1. The Kier molecular flexibility index (Phi) is 4.75. The second-order valence-corrected chi connectivity index (χ2v) is 5.05. The Balaban J connectivity index is 2.41. The number of carbonyl (C=O) groups excluding carboxylic acids is 1. The second kappa shape index (κ2) is 6.53. The van der Waals surface area contributed by atoms with Gasteiger partial charge in [0.05, 0.1) is 0 Å². The zero-order valence-electron chi connectivity index (χ0n) is 10.5. The number of ketones is 1. The van der Waals surface area contributed by atoms with E-state index in [0.717, 1.165) is 0 Å². The summed E-state index contributed by atoms with van der Waals surface area (Å²) in [5, 5.41) is 17.0. The predicted molar refractivity (Wildman–Crippen MR) is 77.6 cm³/mol. The van der Waals surface area contributed by atoms with E-state index < -0.39 is 6.04 Å². The van der Waals surface area contributed by atoms with E-state index in [1.165, 1.54) is 29.1 Å². The minimum absolute atomic E-state index is 0.232. The summed E-state index contributed by atoms with van der Waals surface area (Å²) in [5.74, 6) is -0.255.